The number of benzene rings is 2. The minimum Gasteiger partial charge on any atom is -0.377 e. The van der Waals surface area contributed by atoms with E-state index >= 15 is 0 Å². The van der Waals surface area contributed by atoms with Crippen LogP contribution >= 0.6 is 0 Å². The molecule has 0 radical (unpaired) electrons. The van der Waals surface area contributed by atoms with Gasteiger partial charge in [-0.1, -0.05) is 30.3 Å². The van der Waals surface area contributed by atoms with Crippen LogP contribution in [0.3, 0.4) is 0 Å². The molecule has 3 rings (SSSR count). The van der Waals surface area contributed by atoms with Crippen molar-refractivity contribution in [2.24, 2.45) is 0 Å². The maximum absolute atomic E-state index is 13.9. The van der Waals surface area contributed by atoms with Gasteiger partial charge in [0.15, 0.2) is 29.1 Å². The molecule has 2 aromatic carbocycles. The van der Waals surface area contributed by atoms with Crippen molar-refractivity contribution in [1.29, 1.82) is 0 Å². The molecule has 0 saturated heterocycles. The molecular formula is C21H14F5NO. The van der Waals surface area contributed by atoms with E-state index in [0.29, 0.717) is 11.1 Å². The second kappa shape index (κ2) is 8.31. The van der Waals surface area contributed by atoms with Crippen molar-refractivity contribution < 1.29 is 26.7 Å². The van der Waals surface area contributed by atoms with Crippen molar-refractivity contribution in [1.82, 2.24) is 4.98 Å². The predicted molar refractivity (Wildman–Crippen MR) is 96.0 cm³/mol. The maximum Gasteiger partial charge on any atom is 0.194 e. The Balaban J connectivity index is 1.85. The maximum atomic E-state index is 13.9. The largest absolute Gasteiger partial charge is 0.377 e. The van der Waals surface area contributed by atoms with Gasteiger partial charge in [-0.3, -0.25) is 4.98 Å². The fourth-order valence-electron chi connectivity index (χ4n) is 2.59. The van der Waals surface area contributed by atoms with Gasteiger partial charge in [0.2, 0.25) is 0 Å². The fraction of sp³-hybridized carbons (Fsp3) is 0.0952. The Kier molecular flexibility index (Phi) is 5.84. The molecule has 0 bridgehead atoms. The zero-order valence-electron chi connectivity index (χ0n) is 14.6. The predicted octanol–water partition coefficient (Wildman–Crippen LogP) is 6.09. The van der Waals surface area contributed by atoms with Gasteiger partial charge in [0.05, 0.1) is 5.69 Å². The smallest absolute Gasteiger partial charge is 0.194 e. The van der Waals surface area contributed by atoms with Gasteiger partial charge in [0, 0.05) is 30.0 Å². The first-order valence-electron chi connectivity index (χ1n) is 8.15. The molecule has 0 amide bonds. The van der Waals surface area contributed by atoms with E-state index in [1.54, 1.807) is 18.2 Å². The summed E-state index contributed by atoms with van der Waals surface area (Å²) in [6, 6.07) is 10.9. The molecule has 0 unspecified atom stereocenters. The molecule has 1 aromatic heterocycles. The van der Waals surface area contributed by atoms with Crippen molar-refractivity contribution in [3.8, 4) is 22.4 Å². The van der Waals surface area contributed by atoms with Crippen LogP contribution < -0.4 is 0 Å². The van der Waals surface area contributed by atoms with E-state index in [9.17, 15) is 22.0 Å². The number of rotatable bonds is 5. The number of nitrogens with zero attached hydrogens (tertiary/aromatic N) is 1. The third-order valence-corrected chi connectivity index (χ3v) is 4.02. The second-order valence-electron chi connectivity index (χ2n) is 5.92. The van der Waals surface area contributed by atoms with Crippen molar-refractivity contribution in [2.75, 3.05) is 13.7 Å². The van der Waals surface area contributed by atoms with E-state index in [1.165, 1.54) is 31.5 Å². The molecule has 144 valence electrons. The lowest BCUT2D eigenvalue weighted by Gasteiger charge is -2.07. The van der Waals surface area contributed by atoms with Crippen molar-refractivity contribution >= 4 is 5.83 Å². The zero-order chi connectivity index (χ0) is 20.3. The zero-order valence-corrected chi connectivity index (χ0v) is 14.6. The Hall–Kier alpha value is -3.06. The van der Waals surface area contributed by atoms with Gasteiger partial charge in [0.1, 0.15) is 6.61 Å². The summed E-state index contributed by atoms with van der Waals surface area (Å²) in [5.74, 6) is -6.13. The Bertz CT molecular complexity index is 991. The summed E-state index contributed by atoms with van der Waals surface area (Å²) in [7, 11) is 1.27. The van der Waals surface area contributed by atoms with E-state index in [2.05, 4.69) is 9.72 Å². The number of aromatic nitrogens is 1. The third kappa shape index (κ3) is 4.09. The minimum atomic E-state index is -1.54. The van der Waals surface area contributed by atoms with Gasteiger partial charge in [-0.05, 0) is 23.8 Å². The first kappa shape index (κ1) is 19.7. The van der Waals surface area contributed by atoms with Crippen LogP contribution in [0.15, 0.2) is 60.6 Å². The molecule has 28 heavy (non-hydrogen) atoms. The number of ether oxygens (including phenoxy) is 1. The molecule has 0 aliphatic carbocycles. The van der Waals surface area contributed by atoms with Gasteiger partial charge in [-0.25, -0.2) is 22.0 Å². The van der Waals surface area contributed by atoms with Crippen molar-refractivity contribution in [3.63, 3.8) is 0 Å². The lowest BCUT2D eigenvalue weighted by Crippen LogP contribution is -1.93. The van der Waals surface area contributed by atoms with Crippen LogP contribution in [0.5, 0.6) is 0 Å². The number of hydrogen-bond donors (Lipinski definition) is 0. The summed E-state index contributed by atoms with van der Waals surface area (Å²) < 4.78 is 71.8. The highest BCUT2D eigenvalue weighted by Crippen LogP contribution is 2.27. The summed E-state index contributed by atoms with van der Waals surface area (Å²) in [5.41, 5.74) is 1.76. The van der Waals surface area contributed by atoms with E-state index < -0.39 is 35.7 Å². The Morgan fingerprint density at radius 3 is 2.00 bits per heavy atom. The Labute approximate surface area is 157 Å². The first-order valence-corrected chi connectivity index (χ1v) is 8.15. The number of pyridine rings is 1. The molecule has 0 spiro atoms. The average Bonchev–Trinajstić information content (AvgIpc) is 2.71. The molecule has 0 N–H and O–H groups in total. The quantitative estimate of drug-likeness (QED) is 0.388. The normalized spacial score (nSPS) is 12.1. The number of halogens is 5. The first-order chi connectivity index (χ1) is 13.4. The van der Waals surface area contributed by atoms with Crippen LogP contribution in [0, 0.1) is 17.5 Å². The summed E-state index contributed by atoms with van der Waals surface area (Å²) in [6.45, 7) is -0.455. The highest BCUT2D eigenvalue weighted by atomic mass is 19.2. The standard InChI is InChI=1S/C21H14F5NO/c1-28-11-18(24)20(25)13-4-2-12(3-5-13)14-6-7-19(27-10-14)15-8-16(22)21(26)17(23)9-15/h2-10H,11H2,1H3. The van der Waals surface area contributed by atoms with E-state index in [0.717, 1.165) is 12.1 Å². The van der Waals surface area contributed by atoms with Gasteiger partial charge < -0.3 is 4.74 Å². The Morgan fingerprint density at radius 2 is 1.46 bits per heavy atom. The van der Waals surface area contributed by atoms with E-state index in [-0.39, 0.29) is 16.8 Å². The van der Waals surface area contributed by atoms with Gasteiger partial charge in [-0.15, -0.1) is 0 Å². The molecule has 7 heteroatoms. The molecule has 0 saturated carbocycles. The van der Waals surface area contributed by atoms with Crippen molar-refractivity contribution in [2.45, 2.75) is 0 Å². The fourth-order valence-corrected chi connectivity index (χ4v) is 2.59. The Morgan fingerprint density at radius 1 is 0.857 bits per heavy atom. The molecule has 3 aromatic rings. The number of methoxy groups -OCH3 is 1. The van der Waals surface area contributed by atoms with Crippen LogP contribution in [-0.4, -0.2) is 18.7 Å². The topological polar surface area (TPSA) is 22.1 Å². The van der Waals surface area contributed by atoms with E-state index in [1.807, 2.05) is 0 Å². The highest BCUT2D eigenvalue weighted by Gasteiger charge is 2.13. The summed E-state index contributed by atoms with van der Waals surface area (Å²) in [6.07, 6.45) is 1.46. The monoisotopic (exact) mass is 391 g/mol. The van der Waals surface area contributed by atoms with Gasteiger partial charge >= 0.3 is 0 Å². The third-order valence-electron chi connectivity index (χ3n) is 4.02. The lowest BCUT2D eigenvalue weighted by atomic mass is 10.0. The molecular weight excluding hydrogens is 377 g/mol. The minimum absolute atomic E-state index is 0.0696. The van der Waals surface area contributed by atoms with Crippen molar-refractivity contribution in [3.05, 3.63) is 83.6 Å². The van der Waals surface area contributed by atoms with Crippen LogP contribution in [-0.2, 0) is 4.74 Å². The molecule has 0 aliphatic heterocycles. The summed E-state index contributed by atoms with van der Waals surface area (Å²) in [4.78, 5) is 4.13. The van der Waals surface area contributed by atoms with Crippen LogP contribution in [0.25, 0.3) is 28.2 Å². The SMILES string of the molecule is COCC(F)=C(F)c1ccc(-c2ccc(-c3cc(F)c(F)c(F)c3)nc2)cc1. The summed E-state index contributed by atoms with van der Waals surface area (Å²) >= 11 is 0. The van der Waals surface area contributed by atoms with Crippen LogP contribution in [0.1, 0.15) is 5.56 Å². The molecule has 0 aliphatic rings. The van der Waals surface area contributed by atoms with E-state index in [4.69, 9.17) is 0 Å². The van der Waals surface area contributed by atoms with Gasteiger partial charge in [-0.2, -0.15) is 0 Å². The molecule has 0 fully saturated rings. The lowest BCUT2D eigenvalue weighted by molar-refractivity contribution is 0.205. The van der Waals surface area contributed by atoms with Crippen LogP contribution in [0.2, 0.25) is 0 Å². The second-order valence-corrected chi connectivity index (χ2v) is 5.92. The molecule has 1 heterocycles. The van der Waals surface area contributed by atoms with Gasteiger partial charge in [0.25, 0.3) is 0 Å². The average molecular weight is 391 g/mol. The summed E-state index contributed by atoms with van der Waals surface area (Å²) in [5, 5.41) is 0. The molecule has 2 nitrogen and oxygen atoms in total. The molecule has 0 atom stereocenters. The van der Waals surface area contributed by atoms with Crippen LogP contribution in [0.4, 0.5) is 22.0 Å². The highest BCUT2D eigenvalue weighted by molar-refractivity contribution is 5.70. The number of hydrogen-bond acceptors (Lipinski definition) is 2.